The van der Waals surface area contributed by atoms with E-state index >= 15 is 0 Å². The van der Waals surface area contributed by atoms with Crippen molar-refractivity contribution >= 4 is 31.5 Å². The standard InChI is InChI=1S/C27H27NO4Se/c1-27(2,3)32-26(30)28-22(19-13-7-4-8-14-19)23(20-15-9-5-10-16-20)31-25(29)24(28)33-21-17-11-6-12-18-21/h4-18,22-24H,1-3H3/t22-,23+,24-/m1/s1. The zero-order valence-corrected chi connectivity index (χ0v) is 20.6. The van der Waals surface area contributed by atoms with Gasteiger partial charge in [0.25, 0.3) is 0 Å². The van der Waals surface area contributed by atoms with Gasteiger partial charge in [0.05, 0.1) is 0 Å². The molecule has 170 valence electrons. The number of carbonyl (C=O) groups is 2. The molecule has 3 atom stereocenters. The monoisotopic (exact) mass is 509 g/mol. The van der Waals surface area contributed by atoms with E-state index in [4.69, 9.17) is 9.47 Å². The first-order chi connectivity index (χ1) is 15.8. The maximum atomic E-state index is 13.6. The van der Waals surface area contributed by atoms with Crippen LogP contribution in [-0.2, 0) is 14.3 Å². The average Bonchev–Trinajstić information content (AvgIpc) is 2.80. The van der Waals surface area contributed by atoms with Gasteiger partial charge < -0.3 is 0 Å². The number of nitrogens with zero attached hydrogens (tertiary/aromatic N) is 1. The first kappa shape index (κ1) is 23.1. The van der Waals surface area contributed by atoms with E-state index in [1.165, 1.54) is 0 Å². The Morgan fingerprint density at radius 3 is 1.91 bits per heavy atom. The third-order valence-electron chi connectivity index (χ3n) is 5.15. The van der Waals surface area contributed by atoms with Crippen LogP contribution in [0.25, 0.3) is 0 Å². The number of morpholine rings is 1. The van der Waals surface area contributed by atoms with Crippen LogP contribution in [0.5, 0.6) is 0 Å². The van der Waals surface area contributed by atoms with Crippen molar-refractivity contribution in [1.82, 2.24) is 4.90 Å². The molecule has 0 bridgehead atoms. The predicted molar refractivity (Wildman–Crippen MR) is 128 cm³/mol. The van der Waals surface area contributed by atoms with Gasteiger partial charge in [0, 0.05) is 0 Å². The summed E-state index contributed by atoms with van der Waals surface area (Å²) in [7, 11) is 0. The van der Waals surface area contributed by atoms with Gasteiger partial charge in [-0.15, -0.1) is 0 Å². The van der Waals surface area contributed by atoms with Crippen molar-refractivity contribution in [3.63, 3.8) is 0 Å². The Balaban J connectivity index is 1.83. The number of cyclic esters (lactones) is 1. The summed E-state index contributed by atoms with van der Waals surface area (Å²) in [5.74, 6) is -0.411. The molecule has 1 saturated heterocycles. The van der Waals surface area contributed by atoms with Gasteiger partial charge >= 0.3 is 201 Å². The molecular formula is C27H27NO4Se. The van der Waals surface area contributed by atoms with Crippen LogP contribution in [0.3, 0.4) is 0 Å². The van der Waals surface area contributed by atoms with Crippen LogP contribution in [0.2, 0.25) is 0 Å². The van der Waals surface area contributed by atoms with E-state index in [9.17, 15) is 9.59 Å². The molecule has 33 heavy (non-hydrogen) atoms. The summed E-state index contributed by atoms with van der Waals surface area (Å²) in [5.41, 5.74) is 1.02. The van der Waals surface area contributed by atoms with Crippen LogP contribution in [0.15, 0.2) is 91.0 Å². The minimum absolute atomic E-state index is 0.371. The number of hydrogen-bond acceptors (Lipinski definition) is 4. The first-order valence-corrected chi connectivity index (χ1v) is 12.7. The molecule has 5 nitrogen and oxygen atoms in total. The van der Waals surface area contributed by atoms with Crippen molar-refractivity contribution < 1.29 is 19.1 Å². The van der Waals surface area contributed by atoms with Crippen molar-refractivity contribution in [3.05, 3.63) is 102 Å². The van der Waals surface area contributed by atoms with Crippen LogP contribution in [-0.4, -0.2) is 42.5 Å². The summed E-state index contributed by atoms with van der Waals surface area (Å²) in [6.07, 6.45) is -1.16. The fraction of sp³-hybridized carbons (Fsp3) is 0.259. The molecule has 1 aliphatic rings. The number of amides is 1. The molecule has 3 aromatic carbocycles. The Morgan fingerprint density at radius 2 is 1.36 bits per heavy atom. The Bertz CT molecular complexity index is 1080. The molecule has 3 aromatic rings. The molecule has 1 fully saturated rings. The fourth-order valence-corrected chi connectivity index (χ4v) is 6.00. The van der Waals surface area contributed by atoms with E-state index in [0.29, 0.717) is 0 Å². The SMILES string of the molecule is CC(C)(C)OC(=O)N1[C@H]([Se]c2ccccc2)C(=O)O[C@@H](c2ccccc2)[C@H]1c1ccccc1. The molecule has 6 heteroatoms. The van der Waals surface area contributed by atoms with Crippen LogP contribution in [0, 0.1) is 0 Å². The van der Waals surface area contributed by atoms with E-state index in [2.05, 4.69) is 0 Å². The van der Waals surface area contributed by atoms with Crippen LogP contribution < -0.4 is 4.46 Å². The normalized spacial score (nSPS) is 20.8. The average molecular weight is 508 g/mol. The second-order valence-corrected chi connectivity index (χ2v) is 11.2. The summed E-state index contributed by atoms with van der Waals surface area (Å²) >= 11 is -0.371. The molecule has 0 spiro atoms. The van der Waals surface area contributed by atoms with Crippen molar-refractivity contribution in [3.8, 4) is 0 Å². The van der Waals surface area contributed by atoms with Gasteiger partial charge in [-0.05, 0) is 0 Å². The molecular weight excluding hydrogens is 481 g/mol. The van der Waals surface area contributed by atoms with Gasteiger partial charge in [-0.2, -0.15) is 0 Å². The zero-order chi connectivity index (χ0) is 23.4. The quantitative estimate of drug-likeness (QED) is 0.381. The summed E-state index contributed by atoms with van der Waals surface area (Å²) in [4.78, 5) is 27.9. The van der Waals surface area contributed by atoms with Gasteiger partial charge in [0.15, 0.2) is 0 Å². The summed E-state index contributed by atoms with van der Waals surface area (Å²) in [6.45, 7) is 5.49. The van der Waals surface area contributed by atoms with Crippen LogP contribution in [0.4, 0.5) is 4.79 Å². The molecule has 1 amide bonds. The third-order valence-corrected chi connectivity index (χ3v) is 7.64. The van der Waals surface area contributed by atoms with Crippen molar-refractivity contribution in [2.24, 2.45) is 0 Å². The topological polar surface area (TPSA) is 55.8 Å². The fourth-order valence-electron chi connectivity index (χ4n) is 3.79. The van der Waals surface area contributed by atoms with E-state index < -0.39 is 34.7 Å². The van der Waals surface area contributed by atoms with Crippen LogP contribution >= 0.6 is 0 Å². The van der Waals surface area contributed by atoms with Gasteiger partial charge in [-0.3, -0.25) is 0 Å². The van der Waals surface area contributed by atoms with E-state index in [1.54, 1.807) is 4.90 Å². The number of hydrogen-bond donors (Lipinski definition) is 0. The second-order valence-electron chi connectivity index (χ2n) is 8.79. The Morgan fingerprint density at radius 1 is 0.848 bits per heavy atom. The summed E-state index contributed by atoms with van der Waals surface area (Å²) in [6, 6.07) is 28.5. The van der Waals surface area contributed by atoms with Gasteiger partial charge in [0.2, 0.25) is 0 Å². The van der Waals surface area contributed by atoms with Gasteiger partial charge in [-0.25, -0.2) is 0 Å². The Hall–Kier alpha value is -3.08. The molecule has 0 radical (unpaired) electrons. The summed E-state index contributed by atoms with van der Waals surface area (Å²) in [5, 5.41) is 0. The molecule has 1 heterocycles. The molecule has 0 unspecified atom stereocenters. The van der Waals surface area contributed by atoms with Crippen molar-refractivity contribution in [2.75, 3.05) is 0 Å². The third kappa shape index (κ3) is 5.47. The molecule has 0 aliphatic carbocycles. The van der Waals surface area contributed by atoms with Crippen molar-refractivity contribution in [2.45, 2.75) is 43.5 Å². The molecule has 0 N–H and O–H groups in total. The van der Waals surface area contributed by atoms with E-state index in [0.717, 1.165) is 15.6 Å². The number of ether oxygens (including phenoxy) is 2. The minimum atomic E-state index is -0.750. The molecule has 0 saturated carbocycles. The van der Waals surface area contributed by atoms with Gasteiger partial charge in [0.1, 0.15) is 0 Å². The number of carbonyl (C=O) groups excluding carboxylic acids is 2. The number of benzene rings is 3. The predicted octanol–water partition coefficient (Wildman–Crippen LogP) is 4.62. The molecule has 0 aromatic heterocycles. The number of esters is 1. The van der Waals surface area contributed by atoms with E-state index in [-0.39, 0.29) is 15.0 Å². The van der Waals surface area contributed by atoms with Crippen LogP contribution in [0.1, 0.15) is 44.0 Å². The zero-order valence-electron chi connectivity index (χ0n) is 18.9. The molecule has 1 aliphatic heterocycles. The number of rotatable bonds is 4. The Labute approximate surface area is 200 Å². The maximum absolute atomic E-state index is 13.6. The van der Waals surface area contributed by atoms with Gasteiger partial charge in [-0.1, -0.05) is 0 Å². The summed E-state index contributed by atoms with van der Waals surface area (Å²) < 4.78 is 12.9. The second kappa shape index (κ2) is 9.82. The Kier molecular flexibility index (Phi) is 6.87. The van der Waals surface area contributed by atoms with E-state index in [1.807, 2.05) is 112 Å². The first-order valence-electron chi connectivity index (χ1n) is 10.9. The molecule has 4 rings (SSSR count). The van der Waals surface area contributed by atoms with Crippen molar-refractivity contribution in [1.29, 1.82) is 0 Å².